The maximum absolute atomic E-state index is 13.4. The third kappa shape index (κ3) is 5.58. The lowest BCUT2D eigenvalue weighted by molar-refractivity contribution is -0.149. The van der Waals surface area contributed by atoms with E-state index in [0.717, 1.165) is 12.0 Å². The monoisotopic (exact) mass is 359 g/mol. The number of rotatable bonds is 8. The van der Waals surface area contributed by atoms with Gasteiger partial charge in [0.15, 0.2) is 24.8 Å². The summed E-state index contributed by atoms with van der Waals surface area (Å²) in [6, 6.07) is 13.2. The largest absolute Gasteiger partial charge is 0.479 e. The van der Waals surface area contributed by atoms with Gasteiger partial charge in [-0.25, -0.2) is 9.18 Å². The Labute approximate surface area is 152 Å². The Morgan fingerprint density at radius 2 is 1.77 bits per heavy atom. The van der Waals surface area contributed by atoms with Gasteiger partial charge in [-0.2, -0.15) is 0 Å². The first-order valence-corrected chi connectivity index (χ1v) is 8.43. The fraction of sp³-hybridized carbons (Fsp3) is 0.300. The molecule has 1 atom stereocenters. The van der Waals surface area contributed by atoms with Crippen LogP contribution >= 0.6 is 0 Å². The highest BCUT2D eigenvalue weighted by molar-refractivity contribution is 5.93. The van der Waals surface area contributed by atoms with Crippen LogP contribution in [0.15, 0.2) is 48.5 Å². The maximum atomic E-state index is 13.4. The second-order valence-electron chi connectivity index (χ2n) is 5.82. The number of benzene rings is 2. The number of amides is 1. The van der Waals surface area contributed by atoms with Crippen molar-refractivity contribution in [2.45, 2.75) is 26.2 Å². The van der Waals surface area contributed by atoms with Crippen LogP contribution in [-0.2, 0) is 14.3 Å². The van der Waals surface area contributed by atoms with E-state index in [1.165, 1.54) is 18.2 Å². The quantitative estimate of drug-likeness (QED) is 0.726. The molecule has 2 aromatic rings. The molecule has 0 bridgehead atoms. The van der Waals surface area contributed by atoms with Crippen LogP contribution in [0.4, 0.5) is 10.1 Å². The summed E-state index contributed by atoms with van der Waals surface area (Å²) in [4.78, 5) is 23.7. The Kier molecular flexibility index (Phi) is 7.14. The summed E-state index contributed by atoms with van der Waals surface area (Å²) in [6.07, 6.45) is 0.940. The molecule has 0 saturated carbocycles. The molecule has 0 spiro atoms. The molecule has 5 nitrogen and oxygen atoms in total. The van der Waals surface area contributed by atoms with Crippen LogP contribution in [0, 0.1) is 5.82 Å². The predicted molar refractivity (Wildman–Crippen MR) is 96.6 cm³/mol. The van der Waals surface area contributed by atoms with E-state index in [2.05, 4.69) is 19.2 Å². The van der Waals surface area contributed by atoms with Crippen molar-refractivity contribution >= 4 is 17.6 Å². The molecule has 0 aliphatic carbocycles. The number of anilines is 1. The minimum absolute atomic E-state index is 0.0450. The van der Waals surface area contributed by atoms with Crippen molar-refractivity contribution in [1.82, 2.24) is 0 Å². The first-order chi connectivity index (χ1) is 12.5. The molecule has 138 valence electrons. The molecule has 0 aliphatic heterocycles. The molecule has 0 heterocycles. The van der Waals surface area contributed by atoms with Gasteiger partial charge < -0.3 is 14.8 Å². The minimum Gasteiger partial charge on any atom is -0.479 e. The summed E-state index contributed by atoms with van der Waals surface area (Å²) in [5.41, 5.74) is 1.73. The first-order valence-electron chi connectivity index (χ1n) is 8.43. The van der Waals surface area contributed by atoms with E-state index < -0.39 is 30.9 Å². The molecule has 2 aromatic carbocycles. The smallest absolute Gasteiger partial charge is 0.344 e. The maximum Gasteiger partial charge on any atom is 0.344 e. The van der Waals surface area contributed by atoms with Gasteiger partial charge in [-0.1, -0.05) is 44.2 Å². The Morgan fingerprint density at radius 3 is 2.50 bits per heavy atom. The molecule has 2 rings (SSSR count). The van der Waals surface area contributed by atoms with E-state index in [1.807, 2.05) is 24.3 Å². The van der Waals surface area contributed by atoms with Gasteiger partial charge in [0, 0.05) is 5.69 Å². The number of ether oxygens (including phenoxy) is 2. The number of nitrogens with one attached hydrogen (secondary N) is 1. The summed E-state index contributed by atoms with van der Waals surface area (Å²) in [5, 5.41) is 2.75. The Balaban J connectivity index is 1.82. The topological polar surface area (TPSA) is 64.6 Å². The van der Waals surface area contributed by atoms with Crippen molar-refractivity contribution in [3.63, 3.8) is 0 Å². The number of carbonyl (C=O) groups is 2. The summed E-state index contributed by atoms with van der Waals surface area (Å²) in [7, 11) is 0. The Bertz CT molecular complexity index is 763. The van der Waals surface area contributed by atoms with E-state index in [4.69, 9.17) is 9.47 Å². The fourth-order valence-electron chi connectivity index (χ4n) is 2.33. The second-order valence-corrected chi connectivity index (χ2v) is 5.82. The van der Waals surface area contributed by atoms with E-state index in [1.54, 1.807) is 6.07 Å². The van der Waals surface area contributed by atoms with E-state index in [-0.39, 0.29) is 5.75 Å². The molecular weight excluding hydrogens is 337 g/mol. The predicted octanol–water partition coefficient (Wildman–Crippen LogP) is 3.90. The second kappa shape index (κ2) is 9.56. The number of carbonyl (C=O) groups excluding carboxylic acids is 2. The molecule has 0 aromatic heterocycles. The average molecular weight is 359 g/mol. The highest BCUT2D eigenvalue weighted by Gasteiger charge is 2.13. The summed E-state index contributed by atoms with van der Waals surface area (Å²) in [6.45, 7) is 3.23. The number of para-hydroxylation sites is 2. The Hall–Kier alpha value is -2.89. The van der Waals surface area contributed by atoms with Gasteiger partial charge in [-0.3, -0.25) is 4.79 Å². The van der Waals surface area contributed by atoms with Crippen LogP contribution in [0.1, 0.15) is 31.7 Å². The summed E-state index contributed by atoms with van der Waals surface area (Å²) >= 11 is 0. The zero-order valence-electron chi connectivity index (χ0n) is 14.8. The van der Waals surface area contributed by atoms with Crippen LogP contribution < -0.4 is 10.1 Å². The zero-order chi connectivity index (χ0) is 18.9. The van der Waals surface area contributed by atoms with Gasteiger partial charge in [0.2, 0.25) is 0 Å². The molecule has 26 heavy (non-hydrogen) atoms. The van der Waals surface area contributed by atoms with Crippen LogP contribution in [0.5, 0.6) is 5.75 Å². The molecule has 1 N–H and O–H groups in total. The lowest BCUT2D eigenvalue weighted by atomic mass is 9.97. The minimum atomic E-state index is -0.751. The lowest BCUT2D eigenvalue weighted by Crippen LogP contribution is -2.24. The fourth-order valence-corrected chi connectivity index (χ4v) is 2.33. The van der Waals surface area contributed by atoms with Gasteiger partial charge in [0.25, 0.3) is 5.91 Å². The zero-order valence-corrected chi connectivity index (χ0v) is 14.8. The molecule has 6 heteroatoms. The van der Waals surface area contributed by atoms with Gasteiger partial charge in [0.05, 0.1) is 0 Å². The number of halogens is 1. The van der Waals surface area contributed by atoms with Crippen LogP contribution in [0.25, 0.3) is 0 Å². The number of hydrogen-bond acceptors (Lipinski definition) is 4. The van der Waals surface area contributed by atoms with Crippen molar-refractivity contribution in [3.8, 4) is 5.75 Å². The third-order valence-electron chi connectivity index (χ3n) is 3.92. The van der Waals surface area contributed by atoms with Crippen LogP contribution in [0.2, 0.25) is 0 Å². The average Bonchev–Trinajstić information content (AvgIpc) is 2.65. The standard InChI is InChI=1S/C20H22FNO4/c1-3-14(2)15-8-4-6-10-17(15)22-19(23)12-26-20(24)13-25-18-11-7-5-9-16(18)21/h4-11,14H,3,12-13H2,1-2H3,(H,22,23)/t14-/m0/s1. The molecule has 0 aliphatic rings. The van der Waals surface area contributed by atoms with Gasteiger partial charge >= 0.3 is 5.97 Å². The summed E-state index contributed by atoms with van der Waals surface area (Å²) < 4.78 is 23.3. The van der Waals surface area contributed by atoms with Crippen LogP contribution in [-0.4, -0.2) is 25.1 Å². The van der Waals surface area contributed by atoms with Gasteiger partial charge in [-0.15, -0.1) is 0 Å². The van der Waals surface area contributed by atoms with E-state index >= 15 is 0 Å². The normalized spacial score (nSPS) is 11.5. The number of hydrogen-bond donors (Lipinski definition) is 1. The van der Waals surface area contributed by atoms with Crippen molar-refractivity contribution in [2.24, 2.45) is 0 Å². The summed E-state index contributed by atoms with van der Waals surface area (Å²) in [5.74, 6) is -1.52. The molecular formula is C20H22FNO4. The number of esters is 1. The highest BCUT2D eigenvalue weighted by Crippen LogP contribution is 2.26. The molecule has 0 fully saturated rings. The van der Waals surface area contributed by atoms with Crippen molar-refractivity contribution < 1.29 is 23.5 Å². The third-order valence-corrected chi connectivity index (χ3v) is 3.92. The van der Waals surface area contributed by atoms with Gasteiger partial charge in [-0.05, 0) is 36.1 Å². The Morgan fingerprint density at radius 1 is 1.08 bits per heavy atom. The highest BCUT2D eigenvalue weighted by atomic mass is 19.1. The van der Waals surface area contributed by atoms with Crippen molar-refractivity contribution in [1.29, 1.82) is 0 Å². The first kappa shape index (κ1) is 19.4. The van der Waals surface area contributed by atoms with Crippen molar-refractivity contribution in [3.05, 3.63) is 59.9 Å². The molecule has 0 saturated heterocycles. The van der Waals surface area contributed by atoms with Gasteiger partial charge in [0.1, 0.15) is 0 Å². The lowest BCUT2D eigenvalue weighted by Gasteiger charge is -2.15. The van der Waals surface area contributed by atoms with E-state index in [9.17, 15) is 14.0 Å². The molecule has 0 unspecified atom stereocenters. The SMILES string of the molecule is CC[C@H](C)c1ccccc1NC(=O)COC(=O)COc1ccccc1F. The van der Waals surface area contributed by atoms with Crippen LogP contribution in [0.3, 0.4) is 0 Å². The molecule has 0 radical (unpaired) electrons. The van der Waals surface area contributed by atoms with Crippen molar-refractivity contribution in [2.75, 3.05) is 18.5 Å². The molecule has 1 amide bonds. The van der Waals surface area contributed by atoms with E-state index in [0.29, 0.717) is 11.6 Å².